The fraction of sp³-hybridized carbons (Fsp3) is 0.0714. The summed E-state index contributed by atoms with van der Waals surface area (Å²) in [5.41, 5.74) is 7.19. The van der Waals surface area contributed by atoms with Crippen LogP contribution in [0.25, 0.3) is 11.8 Å². The minimum Gasteiger partial charge on any atom is -0.378 e. The van der Waals surface area contributed by atoms with E-state index in [2.05, 4.69) is 10.1 Å². The SMILES string of the molecule is Cc1c(/C=C2/SC(N)=NC2=O)[nH]n(-c2ccccc2)c1=O. The Kier molecular flexibility index (Phi) is 3.26. The molecule has 1 aliphatic heterocycles. The summed E-state index contributed by atoms with van der Waals surface area (Å²) in [7, 11) is 0. The molecule has 3 rings (SSSR count). The van der Waals surface area contributed by atoms with Crippen LogP contribution in [0.4, 0.5) is 0 Å². The van der Waals surface area contributed by atoms with Crippen LogP contribution in [0, 0.1) is 6.92 Å². The maximum absolute atomic E-state index is 12.3. The van der Waals surface area contributed by atoms with Gasteiger partial charge in [-0.15, -0.1) is 0 Å². The highest BCUT2D eigenvalue weighted by Crippen LogP contribution is 2.26. The number of H-pyrrole nitrogens is 1. The van der Waals surface area contributed by atoms with Crippen molar-refractivity contribution in [1.29, 1.82) is 0 Å². The van der Waals surface area contributed by atoms with Gasteiger partial charge in [-0.25, -0.2) is 4.68 Å². The van der Waals surface area contributed by atoms with E-state index >= 15 is 0 Å². The smallest absolute Gasteiger partial charge is 0.286 e. The summed E-state index contributed by atoms with van der Waals surface area (Å²) < 4.78 is 1.44. The number of nitrogens with zero attached hydrogens (tertiary/aromatic N) is 2. The Balaban J connectivity index is 2.05. The van der Waals surface area contributed by atoms with E-state index < -0.39 is 0 Å². The zero-order valence-electron chi connectivity index (χ0n) is 11.2. The molecule has 2 aromatic rings. The van der Waals surface area contributed by atoms with Crippen LogP contribution in [-0.2, 0) is 4.79 Å². The first-order chi connectivity index (χ1) is 10.1. The number of amides is 1. The standard InChI is InChI=1S/C14H12N4O2S/c1-8-10(7-11-12(19)16-14(15)21-11)17-18(13(8)20)9-5-3-2-4-6-9/h2-7,17H,1H3,(H2,15,16,19)/b11-7+. The third-order valence-electron chi connectivity index (χ3n) is 3.09. The number of aromatic nitrogens is 2. The predicted octanol–water partition coefficient (Wildman–Crippen LogP) is 1.40. The third kappa shape index (κ3) is 2.43. The van der Waals surface area contributed by atoms with E-state index in [9.17, 15) is 9.59 Å². The molecular formula is C14H12N4O2S. The van der Waals surface area contributed by atoms with Crippen molar-refractivity contribution in [2.45, 2.75) is 6.92 Å². The number of thioether (sulfide) groups is 1. The highest BCUT2D eigenvalue weighted by Gasteiger charge is 2.21. The molecule has 7 heteroatoms. The second kappa shape index (κ2) is 5.10. The minimum absolute atomic E-state index is 0.155. The van der Waals surface area contributed by atoms with E-state index in [0.717, 1.165) is 17.4 Å². The summed E-state index contributed by atoms with van der Waals surface area (Å²) in [5, 5.41) is 3.22. The predicted molar refractivity (Wildman–Crippen MR) is 83.3 cm³/mol. The van der Waals surface area contributed by atoms with Gasteiger partial charge in [0, 0.05) is 5.56 Å². The van der Waals surface area contributed by atoms with Gasteiger partial charge in [-0.2, -0.15) is 4.99 Å². The van der Waals surface area contributed by atoms with Crippen molar-refractivity contribution in [3.8, 4) is 5.69 Å². The normalized spacial score (nSPS) is 16.5. The Morgan fingerprint density at radius 1 is 1.29 bits per heavy atom. The lowest BCUT2D eigenvalue weighted by atomic mass is 10.2. The Hall–Kier alpha value is -2.54. The highest BCUT2D eigenvalue weighted by atomic mass is 32.2. The van der Waals surface area contributed by atoms with E-state index in [1.807, 2.05) is 30.3 Å². The van der Waals surface area contributed by atoms with Crippen LogP contribution >= 0.6 is 11.8 Å². The van der Waals surface area contributed by atoms with Gasteiger partial charge in [0.05, 0.1) is 16.3 Å². The largest absolute Gasteiger partial charge is 0.378 e. The molecule has 1 amide bonds. The van der Waals surface area contributed by atoms with Gasteiger partial charge in [0.25, 0.3) is 11.5 Å². The lowest BCUT2D eigenvalue weighted by Crippen LogP contribution is -2.15. The molecule has 0 bridgehead atoms. The van der Waals surface area contributed by atoms with Crippen LogP contribution in [0.1, 0.15) is 11.3 Å². The minimum atomic E-state index is -0.384. The first-order valence-corrected chi connectivity index (χ1v) is 7.03. The zero-order chi connectivity index (χ0) is 15.0. The van der Waals surface area contributed by atoms with Gasteiger partial charge < -0.3 is 5.73 Å². The van der Waals surface area contributed by atoms with Gasteiger partial charge >= 0.3 is 0 Å². The summed E-state index contributed by atoms with van der Waals surface area (Å²) in [6.45, 7) is 1.71. The van der Waals surface area contributed by atoms with E-state index in [4.69, 9.17) is 5.73 Å². The van der Waals surface area contributed by atoms with Gasteiger partial charge in [-0.05, 0) is 36.9 Å². The molecule has 0 aliphatic carbocycles. The Morgan fingerprint density at radius 2 is 2.00 bits per heavy atom. The number of para-hydroxylation sites is 1. The van der Waals surface area contributed by atoms with Crippen molar-refractivity contribution >= 4 is 28.9 Å². The Labute approximate surface area is 124 Å². The van der Waals surface area contributed by atoms with Crippen LogP contribution in [-0.4, -0.2) is 20.9 Å². The molecule has 1 aromatic carbocycles. The van der Waals surface area contributed by atoms with Crippen LogP contribution in [0.3, 0.4) is 0 Å². The fourth-order valence-electron chi connectivity index (χ4n) is 1.99. The molecule has 0 spiro atoms. The van der Waals surface area contributed by atoms with Crippen molar-refractivity contribution in [1.82, 2.24) is 9.78 Å². The van der Waals surface area contributed by atoms with Crippen molar-refractivity contribution < 1.29 is 4.79 Å². The van der Waals surface area contributed by atoms with E-state index in [0.29, 0.717) is 16.2 Å². The number of aromatic amines is 1. The topological polar surface area (TPSA) is 93.2 Å². The lowest BCUT2D eigenvalue weighted by Gasteiger charge is -2.00. The molecule has 0 radical (unpaired) electrons. The number of nitrogens with two attached hydrogens (primary N) is 1. The van der Waals surface area contributed by atoms with E-state index in [-0.39, 0.29) is 16.6 Å². The number of rotatable bonds is 2. The summed E-state index contributed by atoms with van der Waals surface area (Å²) in [6, 6.07) is 9.22. The molecule has 0 saturated heterocycles. The highest BCUT2D eigenvalue weighted by molar-refractivity contribution is 8.18. The Bertz CT molecular complexity index is 830. The van der Waals surface area contributed by atoms with Crippen molar-refractivity contribution in [3.63, 3.8) is 0 Å². The number of hydrogen-bond acceptors (Lipinski definition) is 4. The summed E-state index contributed by atoms with van der Waals surface area (Å²) in [6.07, 6.45) is 1.60. The maximum Gasteiger partial charge on any atom is 0.286 e. The lowest BCUT2D eigenvalue weighted by molar-refractivity contribution is -0.113. The first-order valence-electron chi connectivity index (χ1n) is 6.21. The first kappa shape index (κ1) is 13.4. The van der Waals surface area contributed by atoms with Crippen molar-refractivity contribution in [3.05, 3.63) is 56.8 Å². The van der Waals surface area contributed by atoms with E-state index in [1.165, 1.54) is 4.68 Å². The second-order valence-corrected chi connectivity index (χ2v) is 5.55. The fourth-order valence-corrected chi connectivity index (χ4v) is 2.66. The van der Waals surface area contributed by atoms with Crippen LogP contribution < -0.4 is 11.3 Å². The van der Waals surface area contributed by atoms with Crippen molar-refractivity contribution in [2.24, 2.45) is 10.7 Å². The summed E-state index contributed by atoms with van der Waals surface area (Å²) >= 11 is 1.10. The average Bonchev–Trinajstić information content (AvgIpc) is 2.94. The van der Waals surface area contributed by atoms with E-state index in [1.54, 1.807) is 13.0 Å². The third-order valence-corrected chi connectivity index (χ3v) is 3.90. The number of hydrogen-bond donors (Lipinski definition) is 2. The molecule has 1 aliphatic rings. The molecule has 106 valence electrons. The maximum atomic E-state index is 12.3. The van der Waals surface area contributed by atoms with Gasteiger partial charge in [0.1, 0.15) is 0 Å². The van der Waals surface area contributed by atoms with Crippen LogP contribution in [0.15, 0.2) is 45.0 Å². The molecule has 0 atom stereocenters. The molecule has 21 heavy (non-hydrogen) atoms. The number of benzene rings is 1. The van der Waals surface area contributed by atoms with Crippen LogP contribution in [0.5, 0.6) is 0 Å². The molecule has 3 N–H and O–H groups in total. The monoisotopic (exact) mass is 300 g/mol. The summed E-state index contributed by atoms with van der Waals surface area (Å²) in [4.78, 5) is 27.9. The van der Waals surface area contributed by atoms with Gasteiger partial charge in [0.15, 0.2) is 5.17 Å². The molecule has 6 nitrogen and oxygen atoms in total. The number of nitrogens with one attached hydrogen (secondary N) is 1. The number of amidine groups is 1. The van der Waals surface area contributed by atoms with Crippen LogP contribution in [0.2, 0.25) is 0 Å². The van der Waals surface area contributed by atoms with Crippen molar-refractivity contribution in [2.75, 3.05) is 0 Å². The zero-order valence-corrected chi connectivity index (χ0v) is 12.0. The molecule has 2 heterocycles. The summed E-state index contributed by atoms with van der Waals surface area (Å²) in [5.74, 6) is -0.384. The molecular weight excluding hydrogens is 288 g/mol. The Morgan fingerprint density at radius 3 is 2.62 bits per heavy atom. The number of aliphatic imine (C=N–C) groups is 1. The molecule has 0 saturated carbocycles. The van der Waals surface area contributed by atoms with Gasteiger partial charge in [-0.3, -0.25) is 14.7 Å². The quantitative estimate of drug-likeness (QED) is 0.820. The van der Waals surface area contributed by atoms with Gasteiger partial charge in [0.2, 0.25) is 0 Å². The molecule has 0 unspecified atom stereocenters. The molecule has 1 aromatic heterocycles. The average molecular weight is 300 g/mol. The van der Waals surface area contributed by atoms with Gasteiger partial charge in [-0.1, -0.05) is 18.2 Å². The second-order valence-electron chi connectivity index (χ2n) is 4.49. The molecule has 0 fully saturated rings. The number of carbonyl (C=O) groups is 1. The number of carbonyl (C=O) groups excluding carboxylic acids is 1.